The lowest BCUT2D eigenvalue weighted by Crippen LogP contribution is -2.46. The lowest BCUT2D eigenvalue weighted by atomic mass is 9.94. The van der Waals surface area contributed by atoms with Crippen molar-refractivity contribution in [3.05, 3.63) is 30.3 Å². The van der Waals surface area contributed by atoms with Crippen molar-refractivity contribution in [1.82, 2.24) is 5.32 Å². The molecule has 0 amide bonds. The maximum atomic E-state index is 3.68. The van der Waals surface area contributed by atoms with Crippen molar-refractivity contribution in [3.63, 3.8) is 0 Å². The molecule has 2 rings (SSSR count). The number of hydrogen-bond donors (Lipinski definition) is 1. The predicted molar refractivity (Wildman–Crippen MR) is 83.8 cm³/mol. The van der Waals surface area contributed by atoms with E-state index < -0.39 is 0 Å². The molecule has 1 N–H and O–H groups in total. The molecular formula is C17H28N2. The van der Waals surface area contributed by atoms with Gasteiger partial charge in [-0.1, -0.05) is 38.5 Å². The van der Waals surface area contributed by atoms with Crippen molar-refractivity contribution >= 4 is 5.69 Å². The Bertz CT molecular complexity index is 350. The van der Waals surface area contributed by atoms with Crippen molar-refractivity contribution in [3.8, 4) is 0 Å². The molecule has 0 radical (unpaired) electrons. The first kappa shape index (κ1) is 14.4. The second-order valence-corrected chi connectivity index (χ2v) is 5.92. The van der Waals surface area contributed by atoms with E-state index in [1.165, 1.54) is 44.5 Å². The van der Waals surface area contributed by atoms with Gasteiger partial charge in [0.1, 0.15) is 0 Å². The van der Waals surface area contributed by atoms with Gasteiger partial charge in [0.05, 0.1) is 0 Å². The molecule has 2 atom stereocenters. The van der Waals surface area contributed by atoms with Crippen LogP contribution in [0.25, 0.3) is 0 Å². The summed E-state index contributed by atoms with van der Waals surface area (Å²) in [5.74, 6) is 0.870. The van der Waals surface area contributed by atoms with Gasteiger partial charge in [-0.2, -0.15) is 0 Å². The Morgan fingerprint density at radius 3 is 2.74 bits per heavy atom. The maximum absolute atomic E-state index is 3.68. The van der Waals surface area contributed by atoms with E-state index in [4.69, 9.17) is 0 Å². The van der Waals surface area contributed by atoms with Crippen LogP contribution in [0.1, 0.15) is 39.5 Å². The number of nitrogens with zero attached hydrogens (tertiary/aromatic N) is 1. The summed E-state index contributed by atoms with van der Waals surface area (Å²) in [7, 11) is 0. The van der Waals surface area contributed by atoms with Crippen LogP contribution < -0.4 is 10.2 Å². The van der Waals surface area contributed by atoms with E-state index in [1.807, 2.05) is 0 Å². The minimum Gasteiger partial charge on any atom is -0.370 e. The highest BCUT2D eigenvalue weighted by molar-refractivity contribution is 5.46. The molecule has 2 nitrogen and oxygen atoms in total. The third-order valence-corrected chi connectivity index (χ3v) is 4.10. The fraction of sp³-hybridized carbons (Fsp3) is 0.647. The highest BCUT2D eigenvalue weighted by atomic mass is 15.2. The van der Waals surface area contributed by atoms with Gasteiger partial charge in [0, 0.05) is 24.8 Å². The van der Waals surface area contributed by atoms with Gasteiger partial charge in [-0.3, -0.25) is 0 Å². The summed E-state index contributed by atoms with van der Waals surface area (Å²) >= 11 is 0. The molecule has 1 saturated heterocycles. The van der Waals surface area contributed by atoms with Crippen LogP contribution in [0.5, 0.6) is 0 Å². The molecule has 0 saturated carbocycles. The molecule has 106 valence electrons. The molecule has 0 aromatic heterocycles. The SMILES string of the molecule is CCCCN(CC1CC(C)CCN1)c1ccccc1. The van der Waals surface area contributed by atoms with Crippen molar-refractivity contribution in [2.75, 3.05) is 24.5 Å². The van der Waals surface area contributed by atoms with Crippen LogP contribution in [-0.2, 0) is 0 Å². The fourth-order valence-electron chi connectivity index (χ4n) is 2.94. The summed E-state index contributed by atoms with van der Waals surface area (Å²) in [6.45, 7) is 8.15. The Morgan fingerprint density at radius 1 is 1.26 bits per heavy atom. The zero-order valence-corrected chi connectivity index (χ0v) is 12.4. The molecule has 1 aromatic rings. The zero-order valence-electron chi connectivity index (χ0n) is 12.4. The number of para-hydroxylation sites is 1. The molecule has 1 aliphatic heterocycles. The smallest absolute Gasteiger partial charge is 0.0366 e. The lowest BCUT2D eigenvalue weighted by Gasteiger charge is -2.34. The minimum absolute atomic E-state index is 0.654. The normalized spacial score (nSPS) is 23.3. The number of unbranched alkanes of at least 4 members (excludes halogenated alkanes) is 1. The molecule has 1 aliphatic rings. The van der Waals surface area contributed by atoms with E-state index in [1.54, 1.807) is 0 Å². The second-order valence-electron chi connectivity index (χ2n) is 5.92. The number of piperidine rings is 1. The van der Waals surface area contributed by atoms with Crippen molar-refractivity contribution < 1.29 is 0 Å². The zero-order chi connectivity index (χ0) is 13.5. The molecule has 2 heteroatoms. The van der Waals surface area contributed by atoms with Crippen molar-refractivity contribution in [2.24, 2.45) is 5.92 Å². The Labute approximate surface area is 118 Å². The standard InChI is InChI=1S/C17H28N2/c1-3-4-12-19(17-8-6-5-7-9-17)14-16-13-15(2)10-11-18-16/h5-9,15-16,18H,3-4,10-14H2,1-2H3. The average Bonchev–Trinajstić information content (AvgIpc) is 2.44. The second kappa shape index (κ2) is 7.54. The highest BCUT2D eigenvalue weighted by Crippen LogP contribution is 2.19. The number of nitrogens with one attached hydrogen (secondary N) is 1. The van der Waals surface area contributed by atoms with Crippen LogP contribution in [0, 0.1) is 5.92 Å². The van der Waals surface area contributed by atoms with Crippen LogP contribution in [0.2, 0.25) is 0 Å². The minimum atomic E-state index is 0.654. The third kappa shape index (κ3) is 4.54. The third-order valence-electron chi connectivity index (χ3n) is 4.10. The number of anilines is 1. The molecule has 0 spiro atoms. The summed E-state index contributed by atoms with van der Waals surface area (Å²) in [6, 6.07) is 11.5. The maximum Gasteiger partial charge on any atom is 0.0366 e. The number of rotatable bonds is 6. The molecule has 0 bridgehead atoms. The average molecular weight is 260 g/mol. The summed E-state index contributed by atoms with van der Waals surface area (Å²) in [5, 5.41) is 3.68. The fourth-order valence-corrected chi connectivity index (χ4v) is 2.94. The Morgan fingerprint density at radius 2 is 2.05 bits per heavy atom. The van der Waals surface area contributed by atoms with Gasteiger partial charge < -0.3 is 10.2 Å². The van der Waals surface area contributed by atoms with Gasteiger partial charge >= 0.3 is 0 Å². The van der Waals surface area contributed by atoms with Gasteiger partial charge in [0.2, 0.25) is 0 Å². The van der Waals surface area contributed by atoms with E-state index in [-0.39, 0.29) is 0 Å². The van der Waals surface area contributed by atoms with Crippen LogP contribution >= 0.6 is 0 Å². The molecular weight excluding hydrogens is 232 g/mol. The molecule has 1 fully saturated rings. The Kier molecular flexibility index (Phi) is 5.71. The molecule has 19 heavy (non-hydrogen) atoms. The van der Waals surface area contributed by atoms with Crippen LogP contribution in [0.4, 0.5) is 5.69 Å². The van der Waals surface area contributed by atoms with Gasteiger partial charge in [0.15, 0.2) is 0 Å². The van der Waals surface area contributed by atoms with E-state index >= 15 is 0 Å². The molecule has 1 heterocycles. The highest BCUT2D eigenvalue weighted by Gasteiger charge is 2.20. The predicted octanol–water partition coefficient (Wildman–Crippen LogP) is 3.68. The van der Waals surface area contributed by atoms with Gasteiger partial charge in [-0.05, 0) is 43.9 Å². The van der Waals surface area contributed by atoms with E-state index in [0.717, 1.165) is 12.5 Å². The number of benzene rings is 1. The number of hydrogen-bond acceptors (Lipinski definition) is 2. The Balaban J connectivity index is 1.97. The van der Waals surface area contributed by atoms with Crippen LogP contribution in [0.3, 0.4) is 0 Å². The van der Waals surface area contributed by atoms with E-state index in [0.29, 0.717) is 6.04 Å². The van der Waals surface area contributed by atoms with Gasteiger partial charge in [-0.15, -0.1) is 0 Å². The first-order chi connectivity index (χ1) is 9.29. The molecule has 1 aromatic carbocycles. The summed E-state index contributed by atoms with van der Waals surface area (Å²) in [4.78, 5) is 2.55. The summed E-state index contributed by atoms with van der Waals surface area (Å²) in [6.07, 6.45) is 5.18. The first-order valence-corrected chi connectivity index (χ1v) is 7.83. The van der Waals surface area contributed by atoms with E-state index in [2.05, 4.69) is 54.4 Å². The van der Waals surface area contributed by atoms with Crippen molar-refractivity contribution in [1.29, 1.82) is 0 Å². The van der Waals surface area contributed by atoms with Crippen LogP contribution in [-0.4, -0.2) is 25.7 Å². The summed E-state index contributed by atoms with van der Waals surface area (Å²) in [5.41, 5.74) is 1.37. The molecule has 2 unspecified atom stereocenters. The Hall–Kier alpha value is -1.02. The molecule has 0 aliphatic carbocycles. The van der Waals surface area contributed by atoms with Crippen LogP contribution in [0.15, 0.2) is 30.3 Å². The quantitative estimate of drug-likeness (QED) is 0.839. The largest absolute Gasteiger partial charge is 0.370 e. The lowest BCUT2D eigenvalue weighted by molar-refractivity contribution is 0.320. The van der Waals surface area contributed by atoms with Gasteiger partial charge in [0.25, 0.3) is 0 Å². The van der Waals surface area contributed by atoms with E-state index in [9.17, 15) is 0 Å². The first-order valence-electron chi connectivity index (χ1n) is 7.83. The summed E-state index contributed by atoms with van der Waals surface area (Å²) < 4.78 is 0. The topological polar surface area (TPSA) is 15.3 Å². The van der Waals surface area contributed by atoms with Gasteiger partial charge in [-0.25, -0.2) is 0 Å². The van der Waals surface area contributed by atoms with Crippen molar-refractivity contribution in [2.45, 2.75) is 45.6 Å². The monoisotopic (exact) mass is 260 g/mol.